The number of pyridine rings is 1. The van der Waals surface area contributed by atoms with E-state index in [1.807, 2.05) is 0 Å². The number of carboxylic acid groups (broad SMARTS) is 1. The van der Waals surface area contributed by atoms with Gasteiger partial charge in [0.2, 0.25) is 15.5 Å². The lowest BCUT2D eigenvalue weighted by Gasteiger charge is -2.62. The van der Waals surface area contributed by atoms with Gasteiger partial charge in [0, 0.05) is 54.7 Å². The van der Waals surface area contributed by atoms with Gasteiger partial charge in [-0.2, -0.15) is 4.31 Å². The molecule has 0 amide bonds. The molecule has 0 bridgehead atoms. The summed E-state index contributed by atoms with van der Waals surface area (Å²) >= 11 is 0. The largest absolute Gasteiger partial charge is 0.477 e. The van der Waals surface area contributed by atoms with Crippen LogP contribution in [0.25, 0.3) is 10.9 Å². The van der Waals surface area contributed by atoms with E-state index in [-0.39, 0.29) is 49.7 Å². The van der Waals surface area contributed by atoms with Gasteiger partial charge < -0.3 is 35.6 Å². The van der Waals surface area contributed by atoms with Gasteiger partial charge in [0.05, 0.1) is 27.6 Å². The number of benzene rings is 2. The van der Waals surface area contributed by atoms with Crippen LogP contribution in [-0.4, -0.2) is 98.8 Å². The maximum absolute atomic E-state index is 17.9. The highest BCUT2D eigenvalue weighted by molar-refractivity contribution is 7.89. The third-order valence-corrected chi connectivity index (χ3v) is 17.6. The zero-order chi connectivity index (χ0) is 45.5. The predicted molar refractivity (Wildman–Crippen MR) is 223 cm³/mol. The minimum absolute atomic E-state index is 0.0251. The molecule has 4 saturated carbocycles. The van der Waals surface area contributed by atoms with Gasteiger partial charge in [-0.3, -0.25) is 14.4 Å². The van der Waals surface area contributed by atoms with Gasteiger partial charge in [-0.1, -0.05) is 25.5 Å². The van der Waals surface area contributed by atoms with E-state index < -0.39 is 131 Å². The van der Waals surface area contributed by atoms with Crippen molar-refractivity contribution >= 4 is 49.8 Å². The molecule has 1 aromatic heterocycles. The number of hydrogen-bond acceptors (Lipinski definition) is 11. The van der Waals surface area contributed by atoms with Crippen LogP contribution < -0.4 is 16.1 Å². The molecule has 2 aromatic carbocycles. The smallest absolute Gasteiger partial charge is 0.341 e. The average Bonchev–Trinajstić information content (AvgIpc) is 4.05. The summed E-state index contributed by atoms with van der Waals surface area (Å²) in [5, 5.41) is 46.8. The zero-order valence-electron chi connectivity index (χ0n) is 34.9. The number of carbonyl (C=O) groups excluding carboxylic acids is 2. The van der Waals surface area contributed by atoms with Gasteiger partial charge in [-0.05, 0) is 99.8 Å². The molecule has 14 nitrogen and oxygen atoms in total. The number of aliphatic hydroxyl groups is 3. The predicted octanol–water partition coefficient (Wildman–Crippen LogP) is 4.36. The Morgan fingerprint density at radius 2 is 1.65 bits per heavy atom. The summed E-state index contributed by atoms with van der Waals surface area (Å²) in [5.74, 6) is -8.71. The van der Waals surface area contributed by atoms with Crippen molar-refractivity contribution in [3.63, 3.8) is 0 Å². The van der Waals surface area contributed by atoms with Crippen LogP contribution >= 0.6 is 0 Å². The molecule has 63 heavy (non-hydrogen) atoms. The number of nitrogens with two attached hydrogens (primary N) is 1. The zero-order valence-corrected chi connectivity index (χ0v) is 35.7. The molecule has 5 aliphatic carbocycles. The molecular formula is C45H49F3N4O10S. The number of fused-ring (bicyclic) bond motifs is 6. The maximum atomic E-state index is 17.9. The molecule has 1 aliphatic heterocycles. The number of allylic oxidation sites excluding steroid dienone is 4. The van der Waals surface area contributed by atoms with E-state index in [1.54, 1.807) is 6.92 Å². The second-order valence-corrected chi connectivity index (χ2v) is 20.7. The van der Waals surface area contributed by atoms with Crippen LogP contribution in [0.1, 0.15) is 87.5 Å². The number of alkyl halides is 1. The number of halogens is 3. The third-order valence-electron chi connectivity index (χ3n) is 15.7. The van der Waals surface area contributed by atoms with E-state index in [9.17, 15) is 43.2 Å². The van der Waals surface area contributed by atoms with Crippen molar-refractivity contribution in [2.45, 2.75) is 93.7 Å². The molecule has 9 rings (SSSR count). The molecule has 5 fully saturated rings. The first-order valence-corrected chi connectivity index (χ1v) is 22.7. The molecule has 3 unspecified atom stereocenters. The highest BCUT2D eigenvalue weighted by Crippen LogP contribution is 2.71. The molecule has 1 saturated heterocycles. The fourth-order valence-corrected chi connectivity index (χ4v) is 13.7. The molecule has 6 aliphatic rings. The number of carboxylic acids is 1. The van der Waals surface area contributed by atoms with Crippen molar-refractivity contribution in [3.05, 3.63) is 87.2 Å². The molecule has 2 heterocycles. The number of nitrogen functional groups attached to an aromatic ring is 1. The number of aromatic carboxylic acids is 1. The monoisotopic (exact) mass is 894 g/mol. The van der Waals surface area contributed by atoms with E-state index in [0.29, 0.717) is 36.6 Å². The Bertz CT molecular complexity index is 2750. The lowest BCUT2D eigenvalue weighted by molar-refractivity contribution is -0.221. The number of nitrogens with zero attached hydrogens (tertiary/aromatic N) is 3. The highest BCUT2D eigenvalue weighted by atomic mass is 32.2. The number of rotatable bonds is 8. The normalized spacial score (nSPS) is 33.7. The van der Waals surface area contributed by atoms with Crippen molar-refractivity contribution in [3.8, 4) is 0 Å². The summed E-state index contributed by atoms with van der Waals surface area (Å²) in [5.41, 5.74) is -5.74. The molecule has 0 radical (unpaired) electrons. The number of ketones is 2. The molecule has 18 heteroatoms. The fourth-order valence-electron chi connectivity index (χ4n) is 12.3. The van der Waals surface area contributed by atoms with Crippen molar-refractivity contribution in [2.75, 3.05) is 36.8 Å². The summed E-state index contributed by atoms with van der Waals surface area (Å²) in [7, 11) is -4.01. The second-order valence-electron chi connectivity index (χ2n) is 18.8. The number of carbonyl (C=O) groups is 3. The topological polar surface area (TPSA) is 221 Å². The van der Waals surface area contributed by atoms with E-state index >= 15 is 18.0 Å². The number of sulfonamides is 1. The number of aliphatic hydroxyl groups excluding tert-OH is 2. The average molecular weight is 895 g/mol. The summed E-state index contributed by atoms with van der Waals surface area (Å²) < 4.78 is 80.2. The first kappa shape index (κ1) is 43.4. The van der Waals surface area contributed by atoms with Gasteiger partial charge in [-0.25, -0.2) is 26.4 Å². The summed E-state index contributed by atoms with van der Waals surface area (Å²) in [6.45, 7) is 3.95. The summed E-state index contributed by atoms with van der Waals surface area (Å²) in [6, 6.07) is 5.49. The Hall–Kier alpha value is -4.88. The van der Waals surface area contributed by atoms with Crippen LogP contribution in [0.15, 0.2) is 63.8 Å². The van der Waals surface area contributed by atoms with Crippen LogP contribution in [0, 0.1) is 40.2 Å². The lowest BCUT2D eigenvalue weighted by atomic mass is 9.44. The van der Waals surface area contributed by atoms with Gasteiger partial charge in [0.1, 0.15) is 22.7 Å². The number of Topliss-reactive ketones (excluding diaryl/α,β-unsaturated/α-hetero) is 1. The Labute approximate surface area is 360 Å². The molecule has 9 atom stereocenters. The quantitative estimate of drug-likeness (QED) is 0.199. The molecule has 6 N–H and O–H groups in total. The maximum Gasteiger partial charge on any atom is 0.341 e. The van der Waals surface area contributed by atoms with Crippen molar-refractivity contribution in [1.29, 1.82) is 0 Å². The van der Waals surface area contributed by atoms with E-state index in [2.05, 4.69) is 0 Å². The molecule has 0 spiro atoms. The Balaban J connectivity index is 1.11. The van der Waals surface area contributed by atoms with Crippen LogP contribution in [-0.2, 0) is 19.6 Å². The molecule has 3 aromatic rings. The number of anilines is 2. The Morgan fingerprint density at radius 1 is 1.00 bits per heavy atom. The van der Waals surface area contributed by atoms with E-state index in [1.165, 1.54) is 61.2 Å². The SMILES string of the molecule is C[C@@H]1C[C@H]2[C@@H]3CCC4=CC(=O)C=C[C@]4(C)C3(F)C(O)C[C@]2(C)[C@@]1(O)C(=O)C(O)c1c(C(=O)O)c(=O)c2cc(F)c(N3CCN(S(=O)(=O)c4ccc(N)cc4)CC3)c(F)c2n1C1CC1. The number of aromatic nitrogens is 1. The molecular weight excluding hydrogens is 846 g/mol. The Kier molecular flexibility index (Phi) is 9.85. The van der Waals surface area contributed by atoms with Crippen LogP contribution in [0.5, 0.6) is 0 Å². The van der Waals surface area contributed by atoms with Crippen LogP contribution in [0.4, 0.5) is 24.5 Å². The minimum atomic E-state index is -4.01. The summed E-state index contributed by atoms with van der Waals surface area (Å²) in [6.07, 6.45) is 0.467. The van der Waals surface area contributed by atoms with Gasteiger partial charge in [0.15, 0.2) is 29.2 Å². The Morgan fingerprint density at radius 3 is 2.27 bits per heavy atom. The second kappa shape index (κ2) is 14.3. The van der Waals surface area contributed by atoms with Crippen LogP contribution in [0.2, 0.25) is 0 Å². The van der Waals surface area contributed by atoms with E-state index in [0.717, 1.165) is 8.87 Å². The molecule has 336 valence electrons. The lowest BCUT2D eigenvalue weighted by Crippen LogP contribution is -2.69. The van der Waals surface area contributed by atoms with Gasteiger partial charge in [-0.15, -0.1) is 0 Å². The van der Waals surface area contributed by atoms with Crippen molar-refractivity contribution < 1.29 is 56.4 Å². The van der Waals surface area contributed by atoms with Crippen molar-refractivity contribution in [1.82, 2.24) is 8.87 Å². The standard InChI is InChI=1S/C45H49F3N4O10S/c1-22-18-30-29-11-4-23-19-26(53)12-13-42(23,2)44(29,48)32(54)21-43(30,3)45(22,60)40(57)39(56)37-33(41(58)59)38(55)28-20-31(46)36(34(47)35(28)52(37)25-7-8-25)50-14-16-51(17-15-50)63(61,62)27-9-5-24(49)6-10-27/h5-6,9-10,12-13,19-20,22,25,29-30,32,39,54,56,60H,4,7-8,11,14-18,21,49H2,1-3H3,(H,58,59)/t22-,29+,30+,32?,39?,42+,43+,44?,45+/m1/s1. The van der Waals surface area contributed by atoms with Crippen LogP contribution in [0.3, 0.4) is 0 Å². The third kappa shape index (κ3) is 5.86. The minimum Gasteiger partial charge on any atom is -0.477 e. The fraction of sp³-hybridized carbons (Fsp3) is 0.511. The number of piperazine rings is 1. The number of hydrogen-bond donors (Lipinski definition) is 5. The van der Waals surface area contributed by atoms with E-state index in [4.69, 9.17) is 5.73 Å². The highest BCUT2D eigenvalue weighted by Gasteiger charge is 2.76. The van der Waals surface area contributed by atoms with Crippen molar-refractivity contribution in [2.24, 2.45) is 28.6 Å². The van der Waals surface area contributed by atoms with Gasteiger partial charge >= 0.3 is 5.97 Å². The first-order valence-electron chi connectivity index (χ1n) is 21.2. The van der Waals surface area contributed by atoms with Gasteiger partial charge in [0.25, 0.3) is 0 Å². The first-order chi connectivity index (χ1) is 29.5. The summed E-state index contributed by atoms with van der Waals surface area (Å²) in [4.78, 5) is 55.8.